The van der Waals surface area contributed by atoms with Crippen molar-refractivity contribution < 1.29 is 9.53 Å². The molecule has 0 fully saturated rings. The molecule has 4 rings (SSSR count). The van der Waals surface area contributed by atoms with Gasteiger partial charge in [-0.15, -0.1) is 0 Å². The molecule has 0 atom stereocenters. The lowest BCUT2D eigenvalue weighted by Crippen LogP contribution is -2.17. The number of nitrogens with zero attached hydrogens (tertiary/aromatic N) is 2. The highest BCUT2D eigenvalue weighted by molar-refractivity contribution is 9.10. The Morgan fingerprint density at radius 3 is 2.59 bits per heavy atom. The molecule has 0 aliphatic rings. The van der Waals surface area contributed by atoms with Crippen LogP contribution in [0.1, 0.15) is 27.2 Å². The third kappa shape index (κ3) is 4.43. The van der Waals surface area contributed by atoms with E-state index < -0.39 is 5.97 Å². The Hall–Kier alpha value is -3.25. The van der Waals surface area contributed by atoms with E-state index in [1.165, 1.54) is 10.5 Å². The molecule has 0 aliphatic carbocycles. The minimum Gasteiger partial charge on any atom is -0.456 e. The van der Waals surface area contributed by atoms with Gasteiger partial charge in [0, 0.05) is 16.7 Å². The first-order valence-corrected chi connectivity index (χ1v) is 9.86. The number of rotatable bonds is 5. The monoisotopic (exact) mass is 448 g/mol. The van der Waals surface area contributed by atoms with E-state index in [0.717, 1.165) is 15.6 Å². The van der Waals surface area contributed by atoms with Crippen molar-refractivity contribution >= 4 is 27.5 Å². The highest BCUT2D eigenvalue weighted by atomic mass is 79.9. The molecule has 2 aromatic heterocycles. The van der Waals surface area contributed by atoms with Crippen LogP contribution in [0.4, 0.5) is 0 Å². The number of ether oxygens (including phenoxy) is 1. The van der Waals surface area contributed by atoms with Crippen molar-refractivity contribution in [3.8, 4) is 0 Å². The smallest absolute Gasteiger partial charge is 0.338 e. The van der Waals surface area contributed by atoms with E-state index in [4.69, 9.17) is 4.74 Å². The molecule has 0 radical (unpaired) electrons. The molecule has 0 N–H and O–H groups in total. The fraction of sp³-hybridized carbons (Fsp3) is 0.0870. The summed E-state index contributed by atoms with van der Waals surface area (Å²) in [6.07, 6.45) is 2.29. The second kappa shape index (κ2) is 8.41. The van der Waals surface area contributed by atoms with Crippen molar-refractivity contribution in [2.45, 2.75) is 13.0 Å². The lowest BCUT2D eigenvalue weighted by molar-refractivity contribution is 0.0466. The molecule has 144 valence electrons. The second-order valence-electron chi connectivity index (χ2n) is 6.56. The van der Waals surface area contributed by atoms with Crippen molar-refractivity contribution in [3.63, 3.8) is 0 Å². The van der Waals surface area contributed by atoms with Gasteiger partial charge in [-0.2, -0.15) is 0 Å². The summed E-state index contributed by atoms with van der Waals surface area (Å²) in [5.74, 6) is -0.436. The molecule has 0 amide bonds. The predicted molar refractivity (Wildman–Crippen MR) is 114 cm³/mol. The molecular weight excluding hydrogens is 432 g/mol. The zero-order valence-corrected chi connectivity index (χ0v) is 17.0. The molecule has 4 aromatic rings. The van der Waals surface area contributed by atoms with Gasteiger partial charge in [0.2, 0.25) is 0 Å². The number of aromatic nitrogens is 2. The van der Waals surface area contributed by atoms with Crippen LogP contribution < -0.4 is 5.56 Å². The van der Waals surface area contributed by atoms with Gasteiger partial charge in [-0.25, -0.2) is 9.78 Å². The molecule has 29 heavy (non-hydrogen) atoms. The van der Waals surface area contributed by atoms with E-state index in [-0.39, 0.29) is 12.2 Å². The summed E-state index contributed by atoms with van der Waals surface area (Å²) in [4.78, 5) is 29.4. The summed E-state index contributed by atoms with van der Waals surface area (Å²) in [6.45, 7) is -0.0691. The Morgan fingerprint density at radius 1 is 1.00 bits per heavy atom. The van der Waals surface area contributed by atoms with Crippen molar-refractivity contribution in [2.75, 3.05) is 0 Å². The van der Waals surface area contributed by atoms with E-state index in [2.05, 4.69) is 20.9 Å². The van der Waals surface area contributed by atoms with Gasteiger partial charge in [0.05, 0.1) is 11.3 Å². The Morgan fingerprint density at radius 2 is 1.76 bits per heavy atom. The Bertz CT molecular complexity index is 1240. The summed E-state index contributed by atoms with van der Waals surface area (Å²) in [5, 5.41) is 0. The summed E-state index contributed by atoms with van der Waals surface area (Å²) in [7, 11) is 0. The summed E-state index contributed by atoms with van der Waals surface area (Å²) < 4.78 is 7.68. The third-order valence-electron chi connectivity index (χ3n) is 4.50. The number of hydrogen-bond acceptors (Lipinski definition) is 4. The van der Waals surface area contributed by atoms with Crippen LogP contribution in [-0.2, 0) is 17.8 Å². The zero-order chi connectivity index (χ0) is 20.2. The predicted octanol–water partition coefficient (Wildman–Crippen LogP) is 4.40. The first-order chi connectivity index (χ1) is 14.1. The largest absolute Gasteiger partial charge is 0.456 e. The molecule has 0 saturated carbocycles. The molecule has 0 aliphatic heterocycles. The lowest BCUT2D eigenvalue weighted by Gasteiger charge is -2.10. The molecule has 0 unspecified atom stereocenters. The van der Waals surface area contributed by atoms with Crippen LogP contribution >= 0.6 is 15.9 Å². The maximum atomic E-state index is 12.7. The average Bonchev–Trinajstić information content (AvgIpc) is 2.74. The topological polar surface area (TPSA) is 60.7 Å². The van der Waals surface area contributed by atoms with Crippen LogP contribution in [0.5, 0.6) is 0 Å². The summed E-state index contributed by atoms with van der Waals surface area (Å²) in [6, 6.07) is 22.2. The first-order valence-electron chi connectivity index (χ1n) is 9.07. The van der Waals surface area contributed by atoms with Crippen LogP contribution in [0.2, 0.25) is 0 Å². The molecule has 2 aromatic carbocycles. The SMILES string of the molecule is O=C(OCc1cc(=O)n2cc(Br)ccc2n1)c1ccccc1Cc1ccccc1. The van der Waals surface area contributed by atoms with Gasteiger partial charge in [0.15, 0.2) is 0 Å². The minimum atomic E-state index is -0.436. The van der Waals surface area contributed by atoms with Crippen LogP contribution in [-0.4, -0.2) is 15.4 Å². The van der Waals surface area contributed by atoms with E-state index in [9.17, 15) is 9.59 Å². The zero-order valence-electron chi connectivity index (χ0n) is 15.4. The van der Waals surface area contributed by atoms with E-state index in [1.54, 1.807) is 24.4 Å². The number of carbonyl (C=O) groups excluding carboxylic acids is 1. The first kappa shape index (κ1) is 19.1. The number of carbonyl (C=O) groups is 1. The molecule has 5 nitrogen and oxygen atoms in total. The highest BCUT2D eigenvalue weighted by Crippen LogP contribution is 2.16. The van der Waals surface area contributed by atoms with Gasteiger partial charge in [-0.1, -0.05) is 48.5 Å². The minimum absolute atomic E-state index is 0.0691. The number of esters is 1. The number of pyridine rings is 1. The Balaban J connectivity index is 1.53. The maximum Gasteiger partial charge on any atom is 0.338 e. The maximum absolute atomic E-state index is 12.7. The quantitative estimate of drug-likeness (QED) is 0.424. The van der Waals surface area contributed by atoms with Crippen molar-refractivity contribution in [1.82, 2.24) is 9.38 Å². The van der Waals surface area contributed by atoms with Crippen LogP contribution in [0, 0.1) is 0 Å². The highest BCUT2D eigenvalue weighted by Gasteiger charge is 2.14. The van der Waals surface area contributed by atoms with Gasteiger partial charge in [0.25, 0.3) is 5.56 Å². The molecular formula is C23H17BrN2O3. The average molecular weight is 449 g/mol. The molecule has 0 spiro atoms. The van der Waals surface area contributed by atoms with E-state index in [1.807, 2.05) is 48.5 Å². The lowest BCUT2D eigenvalue weighted by atomic mass is 10.00. The third-order valence-corrected chi connectivity index (χ3v) is 4.97. The van der Waals surface area contributed by atoms with E-state index in [0.29, 0.717) is 23.3 Å². The fourth-order valence-corrected chi connectivity index (χ4v) is 3.44. The van der Waals surface area contributed by atoms with Gasteiger partial charge in [-0.05, 0) is 51.7 Å². The van der Waals surface area contributed by atoms with Crippen molar-refractivity contribution in [2.24, 2.45) is 0 Å². The standard InChI is InChI=1S/C23H17BrN2O3/c24-18-10-11-21-25-19(13-22(27)26(21)14-18)15-29-23(28)20-9-5-4-8-17(20)12-16-6-2-1-3-7-16/h1-11,13-14H,12,15H2. The summed E-state index contributed by atoms with van der Waals surface area (Å²) in [5.41, 5.74) is 3.19. The number of hydrogen-bond donors (Lipinski definition) is 0. The van der Waals surface area contributed by atoms with Crippen LogP contribution in [0.3, 0.4) is 0 Å². The number of benzene rings is 2. The molecule has 0 saturated heterocycles. The van der Waals surface area contributed by atoms with Crippen molar-refractivity contribution in [1.29, 1.82) is 0 Å². The number of halogens is 1. The molecule has 6 heteroatoms. The van der Waals surface area contributed by atoms with E-state index >= 15 is 0 Å². The van der Waals surface area contributed by atoms with Crippen LogP contribution in [0.15, 0.2) is 88.3 Å². The summed E-state index contributed by atoms with van der Waals surface area (Å²) >= 11 is 3.33. The normalized spacial score (nSPS) is 10.8. The van der Waals surface area contributed by atoms with Gasteiger partial charge >= 0.3 is 5.97 Å². The van der Waals surface area contributed by atoms with Gasteiger partial charge in [0.1, 0.15) is 12.3 Å². The Labute approximate surface area is 175 Å². The van der Waals surface area contributed by atoms with Gasteiger partial charge < -0.3 is 4.74 Å². The van der Waals surface area contributed by atoms with Crippen LogP contribution in [0.25, 0.3) is 5.65 Å². The molecule has 0 bridgehead atoms. The second-order valence-corrected chi connectivity index (χ2v) is 7.47. The van der Waals surface area contributed by atoms with Gasteiger partial charge in [-0.3, -0.25) is 9.20 Å². The Kier molecular flexibility index (Phi) is 5.53. The fourth-order valence-electron chi connectivity index (χ4n) is 3.11. The molecule has 2 heterocycles. The van der Waals surface area contributed by atoms with Crippen molar-refractivity contribution in [3.05, 3.63) is 116 Å². The number of fused-ring (bicyclic) bond motifs is 1.